The lowest BCUT2D eigenvalue weighted by Crippen LogP contribution is -2.26. The number of methoxy groups -OCH3 is 2. The lowest BCUT2D eigenvalue weighted by molar-refractivity contribution is -0.137. The maximum atomic E-state index is 13.4. The molecule has 1 amide bonds. The summed E-state index contributed by atoms with van der Waals surface area (Å²) < 4.78 is 63.8. The summed E-state index contributed by atoms with van der Waals surface area (Å²) in [4.78, 5) is 19.1. The fourth-order valence-electron chi connectivity index (χ4n) is 4.25. The van der Waals surface area contributed by atoms with Crippen LogP contribution in [0.1, 0.15) is 37.7 Å². The molecule has 0 radical (unpaired) electrons. The molecule has 0 unspecified atom stereocenters. The largest absolute Gasteiger partial charge is 0.493 e. The molecule has 0 saturated heterocycles. The van der Waals surface area contributed by atoms with E-state index in [1.807, 2.05) is 17.0 Å². The Morgan fingerprint density at radius 3 is 2.32 bits per heavy atom. The fraction of sp³-hybridized carbons (Fsp3) is 0.267. The molecule has 0 aliphatic heterocycles. The second kappa shape index (κ2) is 13.6. The van der Waals surface area contributed by atoms with Crippen molar-refractivity contribution in [3.8, 4) is 11.5 Å². The number of alkyl halides is 3. The number of carbonyl (C=O) groups excluding carboxylic acids is 1. The van der Waals surface area contributed by atoms with E-state index in [-0.39, 0.29) is 30.5 Å². The minimum atomic E-state index is -4.45. The fourth-order valence-corrected chi connectivity index (χ4v) is 5.06. The van der Waals surface area contributed by atoms with Gasteiger partial charge in [0.1, 0.15) is 16.5 Å². The molecule has 0 saturated carbocycles. The van der Waals surface area contributed by atoms with E-state index in [9.17, 15) is 22.4 Å². The molecule has 11 heteroatoms. The first-order valence-electron chi connectivity index (χ1n) is 12.7. The number of thiazole rings is 1. The molecule has 41 heavy (non-hydrogen) atoms. The van der Waals surface area contributed by atoms with Gasteiger partial charge in [-0.2, -0.15) is 13.2 Å². The van der Waals surface area contributed by atoms with Gasteiger partial charge in [0.25, 0.3) is 5.91 Å². The van der Waals surface area contributed by atoms with Gasteiger partial charge >= 0.3 is 6.18 Å². The third-order valence-electron chi connectivity index (χ3n) is 6.27. The van der Waals surface area contributed by atoms with Crippen LogP contribution in [-0.2, 0) is 32.2 Å². The van der Waals surface area contributed by atoms with Crippen LogP contribution < -0.4 is 14.8 Å². The van der Waals surface area contributed by atoms with Crippen LogP contribution in [0.5, 0.6) is 11.5 Å². The molecule has 4 rings (SSSR count). The standard InChI is InChI=1S/C30H29F4N3O3S/c1-39-26-11-8-20(15-27(26)40-2)12-13-35-29(38)25-19-41-28(36-25)18-37(16-21-6-9-24(31)10-7-21)17-22-4-3-5-23(14-22)30(32,33)34/h3-11,14-15,19H,12-13,16-18H2,1-2H3,(H,35,38). The molecule has 1 heterocycles. The van der Waals surface area contributed by atoms with Crippen molar-refractivity contribution in [3.63, 3.8) is 0 Å². The highest BCUT2D eigenvalue weighted by atomic mass is 32.1. The predicted molar refractivity (Wildman–Crippen MR) is 148 cm³/mol. The summed E-state index contributed by atoms with van der Waals surface area (Å²) in [5, 5.41) is 5.15. The average Bonchev–Trinajstić information content (AvgIpc) is 3.42. The number of ether oxygens (including phenoxy) is 2. The summed E-state index contributed by atoms with van der Waals surface area (Å²) in [6, 6.07) is 16.7. The number of hydrogen-bond donors (Lipinski definition) is 1. The topological polar surface area (TPSA) is 63.7 Å². The lowest BCUT2D eigenvalue weighted by Gasteiger charge is -2.22. The van der Waals surface area contributed by atoms with Crippen LogP contribution >= 0.6 is 11.3 Å². The molecule has 0 atom stereocenters. The zero-order valence-corrected chi connectivity index (χ0v) is 23.3. The first-order valence-corrected chi connectivity index (χ1v) is 13.6. The molecule has 0 aliphatic rings. The normalized spacial score (nSPS) is 11.5. The number of amides is 1. The minimum absolute atomic E-state index is 0.202. The Balaban J connectivity index is 1.41. The SMILES string of the molecule is COc1ccc(CCNC(=O)c2csc(CN(Cc3ccc(F)cc3)Cc3cccc(C(F)(F)F)c3)n2)cc1OC. The van der Waals surface area contributed by atoms with Gasteiger partial charge in [-0.25, -0.2) is 9.37 Å². The van der Waals surface area contributed by atoms with Crippen LogP contribution in [0.3, 0.4) is 0 Å². The minimum Gasteiger partial charge on any atom is -0.493 e. The van der Waals surface area contributed by atoms with Crippen LogP contribution in [0, 0.1) is 5.82 Å². The maximum Gasteiger partial charge on any atom is 0.416 e. The van der Waals surface area contributed by atoms with Gasteiger partial charge in [0, 0.05) is 25.0 Å². The van der Waals surface area contributed by atoms with Crippen LogP contribution in [0.25, 0.3) is 0 Å². The van der Waals surface area contributed by atoms with E-state index in [2.05, 4.69) is 10.3 Å². The number of nitrogens with one attached hydrogen (secondary N) is 1. The number of carbonyl (C=O) groups is 1. The average molecular weight is 588 g/mol. The van der Waals surface area contributed by atoms with Gasteiger partial charge in [0.15, 0.2) is 11.5 Å². The predicted octanol–water partition coefficient (Wildman–Crippen LogP) is 6.49. The van der Waals surface area contributed by atoms with Crippen molar-refractivity contribution in [2.45, 2.75) is 32.2 Å². The van der Waals surface area contributed by atoms with E-state index < -0.39 is 11.7 Å². The summed E-state index contributed by atoms with van der Waals surface area (Å²) >= 11 is 1.29. The number of halogens is 4. The number of rotatable bonds is 12. The molecule has 0 spiro atoms. The lowest BCUT2D eigenvalue weighted by atomic mass is 10.1. The molecule has 4 aromatic rings. The Morgan fingerprint density at radius 1 is 0.902 bits per heavy atom. The van der Waals surface area contributed by atoms with Crippen molar-refractivity contribution in [3.05, 3.63) is 111 Å². The van der Waals surface area contributed by atoms with Crippen LogP contribution in [-0.4, -0.2) is 36.6 Å². The molecule has 3 aromatic carbocycles. The van der Waals surface area contributed by atoms with E-state index in [0.29, 0.717) is 41.6 Å². The van der Waals surface area contributed by atoms with Gasteiger partial charge < -0.3 is 14.8 Å². The van der Waals surface area contributed by atoms with Gasteiger partial charge in [-0.1, -0.05) is 36.4 Å². The summed E-state index contributed by atoms with van der Waals surface area (Å²) in [6.07, 6.45) is -3.87. The number of nitrogens with zero attached hydrogens (tertiary/aromatic N) is 2. The number of benzene rings is 3. The molecule has 0 fully saturated rings. The number of aromatic nitrogens is 1. The third-order valence-corrected chi connectivity index (χ3v) is 7.10. The monoisotopic (exact) mass is 587 g/mol. The Labute approximate surface area is 239 Å². The van der Waals surface area contributed by atoms with Crippen molar-refractivity contribution in [1.29, 1.82) is 0 Å². The highest BCUT2D eigenvalue weighted by molar-refractivity contribution is 7.09. The van der Waals surface area contributed by atoms with Crippen molar-refractivity contribution < 1.29 is 31.8 Å². The summed E-state index contributed by atoms with van der Waals surface area (Å²) in [5.41, 5.74) is 1.78. The van der Waals surface area contributed by atoms with Crippen LogP contribution in [0.4, 0.5) is 17.6 Å². The Kier molecular flexibility index (Phi) is 9.95. The summed E-state index contributed by atoms with van der Waals surface area (Å²) in [5.74, 6) is 0.531. The van der Waals surface area contributed by atoms with Crippen LogP contribution in [0.15, 0.2) is 72.1 Å². The molecule has 6 nitrogen and oxygen atoms in total. The van der Waals surface area contributed by atoms with E-state index >= 15 is 0 Å². The second-order valence-corrected chi connectivity index (χ2v) is 10.2. The summed E-state index contributed by atoms with van der Waals surface area (Å²) in [6.45, 7) is 1.22. The van der Waals surface area contributed by atoms with Gasteiger partial charge in [-0.05, 0) is 53.4 Å². The highest BCUT2D eigenvalue weighted by Gasteiger charge is 2.30. The van der Waals surface area contributed by atoms with E-state index in [1.54, 1.807) is 43.9 Å². The van der Waals surface area contributed by atoms with E-state index in [1.165, 1.54) is 29.5 Å². The molecular formula is C30H29F4N3O3S. The molecular weight excluding hydrogens is 558 g/mol. The van der Waals surface area contributed by atoms with Crippen LogP contribution in [0.2, 0.25) is 0 Å². The highest BCUT2D eigenvalue weighted by Crippen LogP contribution is 2.30. The van der Waals surface area contributed by atoms with Gasteiger partial charge in [-0.15, -0.1) is 11.3 Å². The quantitative estimate of drug-likeness (QED) is 0.192. The van der Waals surface area contributed by atoms with E-state index in [0.717, 1.165) is 23.3 Å². The van der Waals surface area contributed by atoms with Crippen molar-refractivity contribution in [2.75, 3.05) is 20.8 Å². The molecule has 216 valence electrons. The van der Waals surface area contributed by atoms with Gasteiger partial charge in [0.05, 0.1) is 26.3 Å². The van der Waals surface area contributed by atoms with Crippen molar-refractivity contribution in [1.82, 2.24) is 15.2 Å². The van der Waals surface area contributed by atoms with Gasteiger partial charge in [-0.3, -0.25) is 9.69 Å². The Hall–Kier alpha value is -3.96. The van der Waals surface area contributed by atoms with Crippen molar-refractivity contribution in [2.24, 2.45) is 0 Å². The maximum absolute atomic E-state index is 13.4. The van der Waals surface area contributed by atoms with E-state index in [4.69, 9.17) is 9.47 Å². The first-order chi connectivity index (χ1) is 19.6. The summed E-state index contributed by atoms with van der Waals surface area (Å²) in [7, 11) is 3.12. The zero-order chi connectivity index (χ0) is 29.4. The second-order valence-electron chi connectivity index (χ2n) is 9.29. The van der Waals surface area contributed by atoms with Crippen molar-refractivity contribution >= 4 is 17.2 Å². The molecule has 0 aliphatic carbocycles. The Morgan fingerprint density at radius 2 is 1.61 bits per heavy atom. The number of hydrogen-bond acceptors (Lipinski definition) is 6. The van der Waals surface area contributed by atoms with Gasteiger partial charge in [0.2, 0.25) is 0 Å². The first kappa shape index (κ1) is 30.0. The third kappa shape index (κ3) is 8.51. The zero-order valence-electron chi connectivity index (χ0n) is 22.5. The molecule has 1 aromatic heterocycles. The molecule has 1 N–H and O–H groups in total. The molecule has 0 bridgehead atoms. The smallest absolute Gasteiger partial charge is 0.416 e. The Bertz CT molecular complexity index is 1460.